The third kappa shape index (κ3) is 6.50. The summed E-state index contributed by atoms with van der Waals surface area (Å²) in [6.45, 7) is 0.154. The van der Waals surface area contributed by atoms with Crippen LogP contribution in [-0.2, 0) is 19.4 Å². The number of hydrogen-bond donors (Lipinski definition) is 1. The van der Waals surface area contributed by atoms with Gasteiger partial charge in [0, 0.05) is 31.6 Å². The number of amides is 2. The molecule has 3 aliphatic heterocycles. The molecule has 0 bridgehead atoms. The maximum atomic E-state index is 13.9. The van der Waals surface area contributed by atoms with Gasteiger partial charge in [0.05, 0.1) is 33.8 Å². The fourth-order valence-corrected chi connectivity index (χ4v) is 8.56. The van der Waals surface area contributed by atoms with Gasteiger partial charge in [-0.05, 0) is 63.7 Å². The second-order valence-electron chi connectivity index (χ2n) is 11.6. The molecule has 41 heavy (non-hydrogen) atoms. The van der Waals surface area contributed by atoms with Crippen molar-refractivity contribution in [1.82, 2.24) is 20.0 Å². The first-order valence-corrected chi connectivity index (χ1v) is 15.8. The van der Waals surface area contributed by atoms with E-state index in [0.29, 0.717) is 38.6 Å². The van der Waals surface area contributed by atoms with Crippen LogP contribution in [0.1, 0.15) is 44.9 Å². The molecule has 1 aromatic rings. The van der Waals surface area contributed by atoms with Crippen molar-refractivity contribution < 1.29 is 31.2 Å². The van der Waals surface area contributed by atoms with Gasteiger partial charge in [-0.1, -0.05) is 23.7 Å². The number of benzene rings is 1. The summed E-state index contributed by atoms with van der Waals surface area (Å²) in [5.41, 5.74) is -0.890. The van der Waals surface area contributed by atoms with E-state index in [2.05, 4.69) is 11.4 Å². The number of alkyl halides is 3. The molecule has 3 saturated heterocycles. The molecule has 2 amide bonds. The molecule has 0 spiro atoms. The zero-order chi connectivity index (χ0) is 29.6. The Kier molecular flexibility index (Phi) is 8.33. The maximum Gasteiger partial charge on any atom is 0.401 e. The zero-order valence-electron chi connectivity index (χ0n) is 22.4. The summed E-state index contributed by atoms with van der Waals surface area (Å²) in [4.78, 5) is 31.6. The Bertz CT molecular complexity index is 1320. The van der Waals surface area contributed by atoms with Gasteiger partial charge in [0.15, 0.2) is 9.84 Å². The molecule has 4 fully saturated rings. The topological polar surface area (TPSA) is 114 Å². The predicted octanol–water partition coefficient (Wildman–Crippen LogP) is 2.75. The predicted molar refractivity (Wildman–Crippen MR) is 144 cm³/mol. The van der Waals surface area contributed by atoms with E-state index in [0.717, 1.165) is 0 Å². The van der Waals surface area contributed by atoms with Gasteiger partial charge >= 0.3 is 6.18 Å². The first-order chi connectivity index (χ1) is 19.3. The number of rotatable bonds is 8. The van der Waals surface area contributed by atoms with E-state index < -0.39 is 51.3 Å². The summed E-state index contributed by atoms with van der Waals surface area (Å²) in [5.74, 6) is -0.685. The molecule has 1 unspecified atom stereocenters. The average molecular weight is 616 g/mol. The van der Waals surface area contributed by atoms with Gasteiger partial charge in [-0.3, -0.25) is 19.4 Å². The molecule has 1 aliphatic carbocycles. The number of piperidine rings is 1. The lowest BCUT2D eigenvalue weighted by Gasteiger charge is -2.49. The summed E-state index contributed by atoms with van der Waals surface area (Å²) in [6, 6.07) is 6.97. The van der Waals surface area contributed by atoms with Crippen LogP contribution in [0.25, 0.3) is 0 Å². The normalized spacial score (nSPS) is 27.2. The lowest BCUT2D eigenvalue weighted by atomic mass is 9.92. The van der Waals surface area contributed by atoms with Crippen molar-refractivity contribution >= 4 is 33.3 Å². The molecule has 9 nitrogen and oxygen atoms in total. The second kappa shape index (κ2) is 11.4. The molecule has 3 atom stereocenters. The van der Waals surface area contributed by atoms with E-state index in [4.69, 9.17) is 11.6 Å². The minimum atomic E-state index is -4.26. The highest BCUT2D eigenvalue weighted by atomic mass is 35.5. The molecule has 1 N–H and O–H groups in total. The van der Waals surface area contributed by atoms with Crippen LogP contribution in [0.15, 0.2) is 29.2 Å². The Labute approximate surface area is 242 Å². The van der Waals surface area contributed by atoms with Crippen molar-refractivity contribution in [2.45, 2.75) is 84.9 Å². The third-order valence-electron chi connectivity index (χ3n) is 8.78. The third-order valence-corrected chi connectivity index (χ3v) is 11.4. The first-order valence-electron chi connectivity index (χ1n) is 13.9. The number of nitrogens with one attached hydrogen (secondary N) is 1. The van der Waals surface area contributed by atoms with Crippen LogP contribution in [0.2, 0.25) is 5.02 Å². The molecule has 1 aromatic carbocycles. The molecule has 14 heteroatoms. The quantitative estimate of drug-likeness (QED) is 0.478. The van der Waals surface area contributed by atoms with E-state index in [-0.39, 0.29) is 54.3 Å². The molecule has 5 rings (SSSR count). The van der Waals surface area contributed by atoms with Crippen LogP contribution in [0.3, 0.4) is 0 Å². The number of carbonyl (C=O) groups is 2. The number of nitriles is 1. The second-order valence-corrected chi connectivity index (χ2v) is 14.2. The zero-order valence-corrected chi connectivity index (χ0v) is 24.0. The van der Waals surface area contributed by atoms with E-state index >= 15 is 0 Å². The molecule has 0 radical (unpaired) electrons. The number of likely N-dealkylation sites (tertiary alicyclic amines) is 3. The molecular formula is C27H33ClF3N5O4S. The monoisotopic (exact) mass is 615 g/mol. The van der Waals surface area contributed by atoms with Gasteiger partial charge in [0.2, 0.25) is 11.8 Å². The number of hydrogen-bond acceptors (Lipinski definition) is 7. The van der Waals surface area contributed by atoms with Crippen molar-refractivity contribution in [3.8, 4) is 6.07 Å². The highest BCUT2D eigenvalue weighted by Crippen LogP contribution is 2.37. The Morgan fingerprint density at radius 1 is 1.12 bits per heavy atom. The van der Waals surface area contributed by atoms with Gasteiger partial charge in [-0.2, -0.15) is 18.4 Å². The lowest BCUT2D eigenvalue weighted by Crippen LogP contribution is -2.62. The summed E-state index contributed by atoms with van der Waals surface area (Å²) >= 11 is 6.21. The van der Waals surface area contributed by atoms with Crippen molar-refractivity contribution in [3.05, 3.63) is 29.3 Å². The van der Waals surface area contributed by atoms with Crippen molar-refractivity contribution in [2.75, 3.05) is 32.7 Å². The minimum absolute atomic E-state index is 0.0264. The molecule has 4 aliphatic rings. The molecule has 224 valence electrons. The summed E-state index contributed by atoms with van der Waals surface area (Å²) in [6.07, 6.45) is -1.68. The van der Waals surface area contributed by atoms with Crippen molar-refractivity contribution in [1.29, 1.82) is 5.26 Å². The Morgan fingerprint density at radius 2 is 1.80 bits per heavy atom. The average Bonchev–Trinajstić information content (AvgIpc) is 3.52. The SMILES string of the molecule is N#CC1(NC(=O)C[C@H]2C[C@@H](S(=O)(=O)c3ccccc3Cl)CN2C(=O)C2CCN2C2CCN(CC(F)(F)F)CC2)CC1. The molecule has 0 aromatic heterocycles. The van der Waals surface area contributed by atoms with E-state index in [1.54, 1.807) is 12.1 Å². The highest BCUT2D eigenvalue weighted by Gasteiger charge is 2.50. The van der Waals surface area contributed by atoms with E-state index in [1.807, 2.05) is 4.90 Å². The van der Waals surface area contributed by atoms with Crippen LogP contribution in [0, 0.1) is 11.3 Å². The van der Waals surface area contributed by atoms with Gasteiger partial charge in [-0.25, -0.2) is 8.42 Å². The smallest absolute Gasteiger partial charge is 0.338 e. The van der Waals surface area contributed by atoms with Crippen LogP contribution < -0.4 is 5.32 Å². The van der Waals surface area contributed by atoms with Gasteiger partial charge in [0.1, 0.15) is 5.54 Å². The van der Waals surface area contributed by atoms with E-state index in [9.17, 15) is 36.4 Å². The largest absolute Gasteiger partial charge is 0.401 e. The standard InChI is InChI=1S/C27H33ClF3N5O4S/c28-21-3-1-2-4-23(21)41(39,40)20-13-19(14-24(37)33-26(16-32)8-9-26)36(15-20)25(38)22-7-12-35(22)18-5-10-34(11-6-18)17-27(29,30)31/h1-4,18-20,22H,5-15,17H2,(H,33,37)/t19-,20-,22?/m1/s1. The minimum Gasteiger partial charge on any atom is -0.338 e. The number of nitrogens with zero attached hydrogens (tertiary/aromatic N) is 4. The molecular weight excluding hydrogens is 583 g/mol. The van der Waals surface area contributed by atoms with Gasteiger partial charge in [-0.15, -0.1) is 0 Å². The Morgan fingerprint density at radius 3 is 2.37 bits per heavy atom. The van der Waals surface area contributed by atoms with Crippen LogP contribution >= 0.6 is 11.6 Å². The Balaban J connectivity index is 1.30. The number of sulfone groups is 1. The Hall–Kier alpha value is -2.40. The molecule has 3 heterocycles. The van der Waals surface area contributed by atoms with Gasteiger partial charge in [0.25, 0.3) is 0 Å². The highest BCUT2D eigenvalue weighted by molar-refractivity contribution is 7.92. The summed E-state index contributed by atoms with van der Waals surface area (Å²) in [5, 5.41) is 11.2. The number of halogens is 4. The maximum absolute atomic E-state index is 13.9. The van der Waals surface area contributed by atoms with Gasteiger partial charge < -0.3 is 10.2 Å². The van der Waals surface area contributed by atoms with Crippen LogP contribution in [0.4, 0.5) is 13.2 Å². The van der Waals surface area contributed by atoms with Crippen molar-refractivity contribution in [3.63, 3.8) is 0 Å². The lowest BCUT2D eigenvalue weighted by molar-refractivity contribution is -0.152. The fourth-order valence-electron chi connectivity index (χ4n) is 6.30. The van der Waals surface area contributed by atoms with Crippen LogP contribution in [0.5, 0.6) is 0 Å². The van der Waals surface area contributed by atoms with Crippen molar-refractivity contribution in [2.24, 2.45) is 0 Å². The van der Waals surface area contributed by atoms with E-state index in [1.165, 1.54) is 21.9 Å². The first kappa shape index (κ1) is 30.1. The summed E-state index contributed by atoms with van der Waals surface area (Å²) in [7, 11) is -3.92. The van der Waals surface area contributed by atoms with Crippen LogP contribution in [-0.4, -0.2) is 103 Å². The fraction of sp³-hybridized carbons (Fsp3) is 0.667. The summed E-state index contributed by atoms with van der Waals surface area (Å²) < 4.78 is 65.6. The number of carbonyl (C=O) groups excluding carboxylic acids is 2. The molecule has 1 saturated carbocycles.